The number of nitrogens with zero attached hydrogens (tertiary/aromatic N) is 1. The minimum absolute atomic E-state index is 0.0930. The van der Waals surface area contributed by atoms with E-state index in [4.69, 9.17) is 17.0 Å². The summed E-state index contributed by atoms with van der Waals surface area (Å²) in [5, 5.41) is 13.9. The number of non-ortho nitro benzene ring substituents is 1. The number of anilines is 1. The zero-order valence-corrected chi connectivity index (χ0v) is 14.6. The first-order valence-electron chi connectivity index (χ1n) is 7.50. The van der Waals surface area contributed by atoms with Crippen LogP contribution in [0.25, 0.3) is 0 Å². The Morgan fingerprint density at radius 2 is 1.92 bits per heavy atom. The zero-order valence-electron chi connectivity index (χ0n) is 13.8. The molecule has 0 fully saturated rings. The summed E-state index contributed by atoms with van der Waals surface area (Å²) in [6, 6.07) is 5.66. The molecule has 0 bridgehead atoms. The first kappa shape index (κ1) is 17.5. The second-order valence-corrected chi connectivity index (χ2v) is 6.04. The zero-order chi connectivity index (χ0) is 19.0. The molecule has 2 aromatic rings. The molecule has 3 N–H and O–H groups in total. The maximum absolute atomic E-state index is 12.5. The lowest BCUT2D eigenvalue weighted by Gasteiger charge is -2.28. The standard InChI is InChI=1S/C16H14N4O5S/c1-7-10(15(22)25-2)11(8-3-5-9(6-4-8)20(23)24)12-13(17-7)18-16(26)19-14(12)21/h3-6,11H,1-2H3,(H3,17,18,19,21,26). The van der Waals surface area contributed by atoms with Crippen molar-refractivity contribution in [1.82, 2.24) is 9.97 Å². The molecule has 0 aliphatic carbocycles. The van der Waals surface area contributed by atoms with E-state index in [0.717, 1.165) is 0 Å². The van der Waals surface area contributed by atoms with Crippen LogP contribution in [0.3, 0.4) is 0 Å². The number of allylic oxidation sites excluding steroid dienone is 1. The number of H-pyrrole nitrogens is 2. The van der Waals surface area contributed by atoms with Gasteiger partial charge in [-0.05, 0) is 24.7 Å². The average Bonchev–Trinajstić information content (AvgIpc) is 2.59. The van der Waals surface area contributed by atoms with E-state index in [-0.39, 0.29) is 21.6 Å². The summed E-state index contributed by atoms with van der Waals surface area (Å²) in [7, 11) is 1.24. The number of carbonyl (C=O) groups is 1. The first-order chi connectivity index (χ1) is 12.3. The van der Waals surface area contributed by atoms with Gasteiger partial charge in [-0.15, -0.1) is 0 Å². The third kappa shape index (κ3) is 2.90. The molecule has 1 unspecified atom stereocenters. The van der Waals surface area contributed by atoms with Crippen molar-refractivity contribution in [1.29, 1.82) is 0 Å². The first-order valence-corrected chi connectivity index (χ1v) is 7.91. The average molecular weight is 374 g/mol. The number of aromatic amines is 2. The van der Waals surface area contributed by atoms with E-state index < -0.39 is 22.4 Å². The van der Waals surface area contributed by atoms with Crippen LogP contribution in [0, 0.1) is 14.9 Å². The third-order valence-electron chi connectivity index (χ3n) is 4.12. The summed E-state index contributed by atoms with van der Waals surface area (Å²) in [6.45, 7) is 1.67. The van der Waals surface area contributed by atoms with Crippen molar-refractivity contribution in [2.75, 3.05) is 12.4 Å². The quantitative estimate of drug-likeness (QED) is 0.325. The maximum Gasteiger partial charge on any atom is 0.336 e. The van der Waals surface area contributed by atoms with Crippen molar-refractivity contribution >= 4 is 29.7 Å². The van der Waals surface area contributed by atoms with E-state index in [9.17, 15) is 19.7 Å². The summed E-state index contributed by atoms with van der Waals surface area (Å²) >= 11 is 4.99. The predicted molar refractivity (Wildman–Crippen MR) is 95.5 cm³/mol. The van der Waals surface area contributed by atoms with Crippen molar-refractivity contribution < 1.29 is 14.5 Å². The smallest absolute Gasteiger partial charge is 0.336 e. The molecule has 1 aliphatic heterocycles. The van der Waals surface area contributed by atoms with Gasteiger partial charge in [-0.25, -0.2) is 4.79 Å². The van der Waals surface area contributed by atoms with Crippen LogP contribution in [0.5, 0.6) is 0 Å². The van der Waals surface area contributed by atoms with Crippen LogP contribution in [0.15, 0.2) is 40.3 Å². The highest BCUT2D eigenvalue weighted by molar-refractivity contribution is 7.71. The van der Waals surface area contributed by atoms with Crippen LogP contribution in [-0.4, -0.2) is 28.0 Å². The summed E-state index contributed by atoms with van der Waals surface area (Å²) in [6.07, 6.45) is 0. The highest BCUT2D eigenvalue weighted by Gasteiger charge is 2.35. The number of methoxy groups -OCH3 is 1. The Labute approximate surface area is 151 Å². The highest BCUT2D eigenvalue weighted by Crippen LogP contribution is 2.39. The fourth-order valence-electron chi connectivity index (χ4n) is 2.99. The number of esters is 1. The summed E-state index contributed by atoms with van der Waals surface area (Å²) in [5.74, 6) is -1.01. The highest BCUT2D eigenvalue weighted by atomic mass is 32.1. The largest absolute Gasteiger partial charge is 0.466 e. The molecule has 0 saturated carbocycles. The Morgan fingerprint density at radius 1 is 1.27 bits per heavy atom. The molecule has 134 valence electrons. The van der Waals surface area contributed by atoms with Gasteiger partial charge in [0.25, 0.3) is 11.2 Å². The monoisotopic (exact) mass is 374 g/mol. The number of nitrogens with one attached hydrogen (secondary N) is 3. The number of rotatable bonds is 3. The normalized spacial score (nSPS) is 15.8. The molecule has 10 heteroatoms. The fraction of sp³-hybridized carbons (Fsp3) is 0.188. The molecule has 0 radical (unpaired) electrons. The Kier molecular flexibility index (Phi) is 4.43. The van der Waals surface area contributed by atoms with Crippen molar-refractivity contribution in [3.8, 4) is 0 Å². The van der Waals surface area contributed by atoms with Gasteiger partial charge in [0, 0.05) is 17.8 Å². The van der Waals surface area contributed by atoms with E-state index in [1.807, 2.05) is 0 Å². The van der Waals surface area contributed by atoms with Gasteiger partial charge in [-0.1, -0.05) is 12.1 Å². The van der Waals surface area contributed by atoms with Crippen molar-refractivity contribution in [3.63, 3.8) is 0 Å². The number of aromatic nitrogens is 2. The molecule has 9 nitrogen and oxygen atoms in total. The number of carbonyl (C=O) groups excluding carboxylic acids is 1. The molecule has 1 atom stereocenters. The summed E-state index contributed by atoms with van der Waals surface area (Å²) in [5.41, 5.74) is 0.958. The van der Waals surface area contributed by atoms with Gasteiger partial charge in [0.1, 0.15) is 5.82 Å². The molecule has 0 spiro atoms. The topological polar surface area (TPSA) is 130 Å². The maximum atomic E-state index is 12.5. The Balaban J connectivity index is 2.27. The van der Waals surface area contributed by atoms with Crippen LogP contribution < -0.4 is 10.9 Å². The number of hydrogen-bond acceptors (Lipinski definition) is 7. The van der Waals surface area contributed by atoms with Crippen LogP contribution in [0.2, 0.25) is 0 Å². The number of nitro groups is 1. The molecule has 1 aliphatic rings. The van der Waals surface area contributed by atoms with Crippen LogP contribution >= 0.6 is 12.2 Å². The molecule has 26 heavy (non-hydrogen) atoms. The van der Waals surface area contributed by atoms with E-state index >= 15 is 0 Å². The third-order valence-corrected chi connectivity index (χ3v) is 4.32. The lowest BCUT2D eigenvalue weighted by molar-refractivity contribution is -0.384. The molecule has 1 aromatic heterocycles. The molecule has 3 rings (SSSR count). The van der Waals surface area contributed by atoms with Gasteiger partial charge >= 0.3 is 5.97 Å². The Bertz CT molecular complexity index is 1050. The molecule has 1 aromatic carbocycles. The van der Waals surface area contributed by atoms with Crippen molar-refractivity contribution in [3.05, 3.63) is 71.9 Å². The van der Waals surface area contributed by atoms with Crippen LogP contribution in [0.1, 0.15) is 24.0 Å². The number of nitro benzene ring substituents is 1. The SMILES string of the molecule is COC(=O)C1=C(C)Nc2[nH]c(=S)[nH]c(=O)c2C1c1ccc([N+](=O)[O-])cc1. The van der Waals surface area contributed by atoms with E-state index in [1.54, 1.807) is 6.92 Å². The molecule has 0 saturated heterocycles. The predicted octanol–water partition coefficient (Wildman–Crippen LogP) is 2.35. The molecular formula is C16H14N4O5S. The van der Waals surface area contributed by atoms with Crippen LogP contribution in [-0.2, 0) is 9.53 Å². The number of benzene rings is 1. The summed E-state index contributed by atoms with van der Waals surface area (Å²) in [4.78, 5) is 40.6. The van der Waals surface area contributed by atoms with Gasteiger partial charge in [-0.3, -0.25) is 19.9 Å². The fourth-order valence-corrected chi connectivity index (χ4v) is 3.18. The second kappa shape index (κ2) is 6.56. The van der Waals surface area contributed by atoms with Crippen molar-refractivity contribution in [2.24, 2.45) is 0 Å². The van der Waals surface area contributed by atoms with Crippen LogP contribution in [0.4, 0.5) is 11.5 Å². The van der Waals surface area contributed by atoms with Gasteiger partial charge in [0.2, 0.25) is 0 Å². The number of hydrogen-bond donors (Lipinski definition) is 3. The minimum Gasteiger partial charge on any atom is -0.466 e. The Hall–Kier alpha value is -3.27. The number of ether oxygens (including phenoxy) is 1. The van der Waals surface area contributed by atoms with E-state index in [0.29, 0.717) is 17.1 Å². The van der Waals surface area contributed by atoms with Gasteiger partial charge in [-0.2, -0.15) is 0 Å². The Morgan fingerprint density at radius 3 is 2.50 bits per heavy atom. The van der Waals surface area contributed by atoms with Gasteiger partial charge in [0.05, 0.1) is 29.1 Å². The summed E-state index contributed by atoms with van der Waals surface area (Å²) < 4.78 is 5.00. The molecule has 2 heterocycles. The van der Waals surface area contributed by atoms with Gasteiger partial charge in [0.15, 0.2) is 4.77 Å². The lowest BCUT2D eigenvalue weighted by Crippen LogP contribution is -2.30. The minimum atomic E-state index is -0.768. The number of fused-ring (bicyclic) bond motifs is 1. The second-order valence-electron chi connectivity index (χ2n) is 5.63. The molecule has 0 amide bonds. The molecular weight excluding hydrogens is 360 g/mol. The van der Waals surface area contributed by atoms with E-state index in [2.05, 4.69) is 15.3 Å². The van der Waals surface area contributed by atoms with Gasteiger partial charge < -0.3 is 15.0 Å². The van der Waals surface area contributed by atoms with E-state index in [1.165, 1.54) is 31.4 Å². The lowest BCUT2D eigenvalue weighted by atomic mass is 9.82. The van der Waals surface area contributed by atoms with Crippen molar-refractivity contribution in [2.45, 2.75) is 12.8 Å².